The van der Waals surface area contributed by atoms with E-state index in [-0.39, 0.29) is 35.6 Å². The van der Waals surface area contributed by atoms with Gasteiger partial charge in [0, 0.05) is 24.7 Å². The highest BCUT2D eigenvalue weighted by Gasteiger charge is 2.60. The van der Waals surface area contributed by atoms with Gasteiger partial charge in [-0.2, -0.15) is 32.3 Å². The fraction of sp³-hybridized carbons (Fsp3) is 0.261. The first-order chi connectivity index (χ1) is 17.0. The van der Waals surface area contributed by atoms with Gasteiger partial charge in [0.1, 0.15) is 17.2 Å². The molecule has 2 N–H and O–H groups in total. The lowest BCUT2D eigenvalue weighted by Crippen LogP contribution is -2.34. The molecule has 1 aliphatic carbocycles. The maximum absolute atomic E-state index is 13.7. The highest BCUT2D eigenvalue weighted by atomic mass is 19.4. The Labute approximate surface area is 200 Å². The number of amides is 2. The molecule has 1 aliphatic rings. The molecule has 0 unspecified atom stereocenters. The van der Waals surface area contributed by atoms with Gasteiger partial charge in [-0.25, -0.2) is 9.67 Å². The highest BCUT2D eigenvalue weighted by Crippen LogP contribution is 2.43. The van der Waals surface area contributed by atoms with Gasteiger partial charge >= 0.3 is 12.1 Å². The van der Waals surface area contributed by atoms with Gasteiger partial charge in [0.25, 0.3) is 5.91 Å². The SMILES string of the molecule is N#Cc1ccc(CNC(=O)c2cc(-n3ccc(C(F)(F)C(F)(F)F)n3)cc(NC(=O)C3CC3)n2)cc1. The molecule has 1 saturated carbocycles. The molecule has 2 aromatic heterocycles. The van der Waals surface area contributed by atoms with Crippen LogP contribution in [0, 0.1) is 17.2 Å². The number of nitriles is 1. The molecule has 13 heteroatoms. The van der Waals surface area contributed by atoms with E-state index in [1.54, 1.807) is 24.3 Å². The molecule has 0 bridgehead atoms. The van der Waals surface area contributed by atoms with Crippen molar-refractivity contribution in [3.63, 3.8) is 0 Å². The number of hydrogen-bond donors (Lipinski definition) is 2. The quantitative estimate of drug-likeness (QED) is 0.471. The van der Waals surface area contributed by atoms with Crippen LogP contribution in [0.25, 0.3) is 5.69 Å². The Morgan fingerprint density at radius 1 is 1.08 bits per heavy atom. The van der Waals surface area contributed by atoms with Crippen LogP contribution in [0.15, 0.2) is 48.7 Å². The molecule has 2 heterocycles. The van der Waals surface area contributed by atoms with Gasteiger partial charge in [-0.15, -0.1) is 0 Å². The van der Waals surface area contributed by atoms with Gasteiger partial charge in [0.05, 0.1) is 17.3 Å². The van der Waals surface area contributed by atoms with Crippen LogP contribution in [-0.2, 0) is 17.3 Å². The van der Waals surface area contributed by atoms with Crippen molar-refractivity contribution in [2.45, 2.75) is 31.5 Å². The van der Waals surface area contributed by atoms with Crippen molar-refractivity contribution in [1.82, 2.24) is 20.1 Å². The van der Waals surface area contributed by atoms with E-state index in [4.69, 9.17) is 5.26 Å². The van der Waals surface area contributed by atoms with Crippen LogP contribution in [0.4, 0.5) is 27.8 Å². The van der Waals surface area contributed by atoms with E-state index in [0.29, 0.717) is 30.0 Å². The Hall–Kier alpha value is -4.34. The molecule has 1 fully saturated rings. The van der Waals surface area contributed by atoms with E-state index in [9.17, 15) is 31.5 Å². The van der Waals surface area contributed by atoms with Crippen LogP contribution in [0.5, 0.6) is 0 Å². The maximum atomic E-state index is 13.7. The van der Waals surface area contributed by atoms with E-state index in [1.807, 2.05) is 6.07 Å². The zero-order valence-corrected chi connectivity index (χ0v) is 18.3. The monoisotopic (exact) mass is 504 g/mol. The number of carbonyl (C=O) groups is 2. The summed E-state index contributed by atoms with van der Waals surface area (Å²) in [5, 5.41) is 17.3. The molecule has 0 aliphatic heterocycles. The van der Waals surface area contributed by atoms with E-state index in [1.165, 1.54) is 6.07 Å². The highest BCUT2D eigenvalue weighted by molar-refractivity contribution is 5.96. The molecule has 4 rings (SSSR count). The molecular weight excluding hydrogens is 487 g/mol. The minimum Gasteiger partial charge on any atom is -0.347 e. The van der Waals surface area contributed by atoms with E-state index < -0.39 is 23.7 Å². The number of halogens is 5. The number of anilines is 1. The van der Waals surface area contributed by atoms with Crippen LogP contribution in [-0.4, -0.2) is 32.8 Å². The van der Waals surface area contributed by atoms with Crippen LogP contribution in [0.3, 0.4) is 0 Å². The third-order valence-corrected chi connectivity index (χ3v) is 5.31. The Morgan fingerprint density at radius 3 is 2.39 bits per heavy atom. The average molecular weight is 504 g/mol. The first-order valence-electron chi connectivity index (χ1n) is 10.6. The molecule has 0 atom stereocenters. The van der Waals surface area contributed by atoms with Gasteiger partial charge in [0.2, 0.25) is 5.91 Å². The molecule has 0 radical (unpaired) electrons. The van der Waals surface area contributed by atoms with Crippen molar-refractivity contribution in [1.29, 1.82) is 5.26 Å². The van der Waals surface area contributed by atoms with Crippen molar-refractivity contribution in [2.24, 2.45) is 5.92 Å². The zero-order valence-electron chi connectivity index (χ0n) is 18.3. The van der Waals surface area contributed by atoms with Crippen molar-refractivity contribution in [3.8, 4) is 11.8 Å². The molecule has 36 heavy (non-hydrogen) atoms. The number of nitrogens with zero attached hydrogens (tertiary/aromatic N) is 4. The summed E-state index contributed by atoms with van der Waals surface area (Å²) in [7, 11) is 0. The normalized spacial score (nSPS) is 13.7. The Bertz CT molecular complexity index is 1340. The molecule has 186 valence electrons. The second-order valence-electron chi connectivity index (χ2n) is 8.07. The largest absolute Gasteiger partial charge is 0.459 e. The van der Waals surface area contributed by atoms with Gasteiger partial charge in [0.15, 0.2) is 0 Å². The third kappa shape index (κ3) is 5.32. The maximum Gasteiger partial charge on any atom is 0.459 e. The van der Waals surface area contributed by atoms with Crippen molar-refractivity contribution in [3.05, 3.63) is 71.2 Å². The van der Waals surface area contributed by atoms with E-state index >= 15 is 0 Å². The summed E-state index contributed by atoms with van der Waals surface area (Å²) in [6.45, 7) is 0.0595. The predicted molar refractivity (Wildman–Crippen MR) is 115 cm³/mol. The second kappa shape index (κ2) is 9.37. The smallest absolute Gasteiger partial charge is 0.347 e. The number of aromatic nitrogens is 3. The van der Waals surface area contributed by atoms with E-state index in [0.717, 1.165) is 16.9 Å². The lowest BCUT2D eigenvalue weighted by molar-refractivity contribution is -0.291. The van der Waals surface area contributed by atoms with Gasteiger partial charge < -0.3 is 10.6 Å². The Morgan fingerprint density at radius 2 is 1.78 bits per heavy atom. The summed E-state index contributed by atoms with van der Waals surface area (Å²) in [4.78, 5) is 29.0. The first-order valence-corrected chi connectivity index (χ1v) is 10.6. The number of rotatable bonds is 7. The van der Waals surface area contributed by atoms with Crippen molar-refractivity contribution < 1.29 is 31.5 Å². The van der Waals surface area contributed by atoms with Crippen molar-refractivity contribution in [2.75, 3.05) is 5.32 Å². The minimum absolute atomic E-state index is 0.0595. The fourth-order valence-corrected chi connectivity index (χ4v) is 3.15. The standard InChI is InChI=1S/C23H17F5N6O2/c24-22(25,23(26,27)28)18-7-8-34(33-18)16-9-17(31-19(10-16)32-20(35)15-5-6-15)21(36)30-12-14-3-1-13(11-29)2-4-14/h1-4,7-10,15H,5-6,12H2,(H,30,36)(H,31,32,35). The van der Waals surface area contributed by atoms with Gasteiger partial charge in [-0.3, -0.25) is 9.59 Å². The predicted octanol–water partition coefficient (Wildman–Crippen LogP) is 4.07. The van der Waals surface area contributed by atoms with Crippen LogP contribution < -0.4 is 10.6 Å². The Kier molecular flexibility index (Phi) is 6.45. The third-order valence-electron chi connectivity index (χ3n) is 5.31. The van der Waals surface area contributed by atoms with Gasteiger partial charge in [-0.05, 0) is 42.7 Å². The summed E-state index contributed by atoms with van der Waals surface area (Å²) in [5.74, 6) is -6.54. The lowest BCUT2D eigenvalue weighted by Gasteiger charge is -2.17. The van der Waals surface area contributed by atoms with Crippen molar-refractivity contribution >= 4 is 17.6 Å². The first kappa shape index (κ1) is 24.8. The van der Waals surface area contributed by atoms with Crippen LogP contribution in [0.2, 0.25) is 0 Å². The van der Waals surface area contributed by atoms with Crippen LogP contribution in [0.1, 0.15) is 40.2 Å². The zero-order chi connectivity index (χ0) is 26.1. The number of nitrogens with one attached hydrogen (secondary N) is 2. The topological polar surface area (TPSA) is 113 Å². The van der Waals surface area contributed by atoms with Crippen LogP contribution >= 0.6 is 0 Å². The minimum atomic E-state index is -5.84. The number of alkyl halides is 5. The summed E-state index contributed by atoms with van der Waals surface area (Å²) in [6.07, 6.45) is -3.60. The van der Waals surface area contributed by atoms with E-state index in [2.05, 4.69) is 20.7 Å². The number of carbonyl (C=O) groups excluding carboxylic acids is 2. The molecular formula is C23H17F5N6O2. The molecule has 8 nitrogen and oxygen atoms in total. The molecule has 0 spiro atoms. The molecule has 1 aromatic carbocycles. The summed E-state index contributed by atoms with van der Waals surface area (Å²) < 4.78 is 66.3. The Balaban J connectivity index is 1.61. The summed E-state index contributed by atoms with van der Waals surface area (Å²) in [6, 6.07) is 11.2. The molecule has 0 saturated heterocycles. The lowest BCUT2D eigenvalue weighted by atomic mass is 10.1. The number of benzene rings is 1. The van der Waals surface area contributed by atoms with Gasteiger partial charge in [-0.1, -0.05) is 12.1 Å². The number of hydrogen-bond acceptors (Lipinski definition) is 5. The fourth-order valence-electron chi connectivity index (χ4n) is 3.15. The summed E-state index contributed by atoms with van der Waals surface area (Å²) in [5.41, 5.74) is -0.713. The second-order valence-corrected chi connectivity index (χ2v) is 8.07. The average Bonchev–Trinajstić information content (AvgIpc) is 3.57. The molecule has 2 amide bonds. The number of pyridine rings is 1. The molecule has 3 aromatic rings. The summed E-state index contributed by atoms with van der Waals surface area (Å²) >= 11 is 0.